The molecule has 3 rings (SSSR count). The molecule has 10 heteroatoms. The maximum Gasteiger partial charge on any atom is 0.288 e. The minimum Gasteiger partial charge on any atom is -0.482 e. The molecule has 1 aliphatic heterocycles. The number of rotatable bonds is 3. The Kier molecular flexibility index (Phi) is 4.47. The van der Waals surface area contributed by atoms with E-state index in [1.165, 1.54) is 24.3 Å². The van der Waals surface area contributed by atoms with Crippen molar-refractivity contribution < 1.29 is 19.2 Å². The van der Waals surface area contributed by atoms with Crippen LogP contribution in [0.15, 0.2) is 30.3 Å². The van der Waals surface area contributed by atoms with Gasteiger partial charge < -0.3 is 15.4 Å². The molecule has 0 aromatic heterocycles. The number of nitrogens with one attached hydrogen (secondary N) is 2. The van der Waals surface area contributed by atoms with Gasteiger partial charge in [0.15, 0.2) is 6.61 Å². The number of nitrogens with zero attached hydrogens (tertiary/aromatic N) is 1. The first kappa shape index (κ1) is 17.0. The maximum atomic E-state index is 12.3. The first-order chi connectivity index (χ1) is 11.8. The third-order valence-corrected chi connectivity index (χ3v) is 3.99. The fourth-order valence-corrected chi connectivity index (χ4v) is 2.58. The molecule has 0 spiro atoms. The molecular formula is C15H9Cl2N3O5. The van der Waals surface area contributed by atoms with Gasteiger partial charge >= 0.3 is 0 Å². The van der Waals surface area contributed by atoms with E-state index in [4.69, 9.17) is 27.9 Å². The van der Waals surface area contributed by atoms with Gasteiger partial charge in [0.2, 0.25) is 0 Å². The zero-order valence-electron chi connectivity index (χ0n) is 12.3. The number of benzene rings is 2. The van der Waals surface area contributed by atoms with Crippen LogP contribution in [0.3, 0.4) is 0 Å². The van der Waals surface area contributed by atoms with Crippen LogP contribution in [-0.2, 0) is 4.79 Å². The van der Waals surface area contributed by atoms with Crippen molar-refractivity contribution in [2.75, 3.05) is 17.2 Å². The smallest absolute Gasteiger partial charge is 0.288 e. The lowest BCUT2D eigenvalue weighted by Gasteiger charge is -2.19. The third-order valence-electron chi connectivity index (χ3n) is 3.36. The molecule has 0 aliphatic carbocycles. The summed E-state index contributed by atoms with van der Waals surface area (Å²) in [5.74, 6) is -0.573. The molecule has 1 heterocycles. The van der Waals surface area contributed by atoms with Crippen LogP contribution in [0.2, 0.25) is 10.0 Å². The number of nitro benzene ring substituents is 1. The fourth-order valence-electron chi connectivity index (χ4n) is 2.18. The van der Waals surface area contributed by atoms with Crippen molar-refractivity contribution in [3.8, 4) is 5.75 Å². The average Bonchev–Trinajstić information content (AvgIpc) is 2.55. The van der Waals surface area contributed by atoms with Gasteiger partial charge in [-0.25, -0.2) is 0 Å². The second-order valence-corrected chi connectivity index (χ2v) is 5.86. The second-order valence-electron chi connectivity index (χ2n) is 5.04. The third kappa shape index (κ3) is 3.49. The summed E-state index contributed by atoms with van der Waals surface area (Å²) in [6.45, 7) is -0.147. The average molecular weight is 382 g/mol. The zero-order chi connectivity index (χ0) is 18.1. The molecular weight excluding hydrogens is 373 g/mol. The number of hydrogen-bond acceptors (Lipinski definition) is 5. The van der Waals surface area contributed by atoms with E-state index in [-0.39, 0.29) is 39.5 Å². The summed E-state index contributed by atoms with van der Waals surface area (Å²) in [6.07, 6.45) is 0. The van der Waals surface area contributed by atoms with Gasteiger partial charge in [0.25, 0.3) is 17.5 Å². The molecule has 0 fully saturated rings. The van der Waals surface area contributed by atoms with Crippen molar-refractivity contribution in [2.24, 2.45) is 0 Å². The van der Waals surface area contributed by atoms with E-state index in [1.54, 1.807) is 0 Å². The highest BCUT2D eigenvalue weighted by atomic mass is 35.5. The minimum atomic E-state index is -0.679. The van der Waals surface area contributed by atoms with E-state index in [9.17, 15) is 19.7 Å². The summed E-state index contributed by atoms with van der Waals surface area (Å²) in [6, 6.07) is 6.59. The molecule has 25 heavy (non-hydrogen) atoms. The first-order valence-corrected chi connectivity index (χ1v) is 7.62. The quantitative estimate of drug-likeness (QED) is 0.624. The Morgan fingerprint density at radius 2 is 2.00 bits per heavy atom. The molecule has 2 amide bonds. The largest absolute Gasteiger partial charge is 0.482 e. The van der Waals surface area contributed by atoms with Crippen molar-refractivity contribution in [2.45, 2.75) is 0 Å². The molecule has 8 nitrogen and oxygen atoms in total. The number of amides is 2. The minimum absolute atomic E-state index is 0.0408. The highest BCUT2D eigenvalue weighted by molar-refractivity contribution is 6.34. The molecule has 0 bridgehead atoms. The SMILES string of the molecule is O=C1COc2cc(NC(=O)c3ccc(Cl)c([N+](=O)[O-])c3)c(Cl)cc2N1. The van der Waals surface area contributed by atoms with Gasteiger partial charge in [-0.1, -0.05) is 23.2 Å². The lowest BCUT2D eigenvalue weighted by Crippen LogP contribution is -2.25. The number of anilines is 2. The molecule has 1 aliphatic rings. The lowest BCUT2D eigenvalue weighted by molar-refractivity contribution is -0.384. The van der Waals surface area contributed by atoms with Gasteiger partial charge in [-0.05, 0) is 18.2 Å². The van der Waals surface area contributed by atoms with Crippen molar-refractivity contribution >= 4 is 52.1 Å². The number of carbonyl (C=O) groups is 2. The molecule has 2 N–H and O–H groups in total. The number of halogens is 2. The number of fused-ring (bicyclic) bond motifs is 1. The van der Waals surface area contributed by atoms with Crippen molar-refractivity contribution in [3.05, 3.63) is 56.1 Å². The van der Waals surface area contributed by atoms with Crippen LogP contribution in [0, 0.1) is 10.1 Å². The fraction of sp³-hybridized carbons (Fsp3) is 0.0667. The van der Waals surface area contributed by atoms with Gasteiger partial charge in [0, 0.05) is 17.7 Å². The van der Waals surface area contributed by atoms with Crippen LogP contribution >= 0.6 is 23.2 Å². The summed E-state index contributed by atoms with van der Waals surface area (Å²) in [4.78, 5) is 33.8. The zero-order valence-corrected chi connectivity index (χ0v) is 13.9. The van der Waals surface area contributed by atoms with Gasteiger partial charge in [-0.15, -0.1) is 0 Å². The van der Waals surface area contributed by atoms with E-state index < -0.39 is 10.8 Å². The van der Waals surface area contributed by atoms with Crippen LogP contribution < -0.4 is 15.4 Å². The molecule has 0 saturated heterocycles. The highest BCUT2D eigenvalue weighted by Crippen LogP contribution is 2.36. The summed E-state index contributed by atoms with van der Waals surface area (Å²) < 4.78 is 5.26. The van der Waals surface area contributed by atoms with Gasteiger partial charge in [-0.2, -0.15) is 0 Å². The summed E-state index contributed by atoms with van der Waals surface area (Å²) in [5.41, 5.74) is 0.288. The Hall–Kier alpha value is -2.84. The molecule has 128 valence electrons. The number of hydrogen-bond donors (Lipinski definition) is 2. The Morgan fingerprint density at radius 3 is 2.72 bits per heavy atom. The Balaban J connectivity index is 1.88. The second kappa shape index (κ2) is 6.58. The van der Waals surface area contributed by atoms with Crippen LogP contribution in [0.5, 0.6) is 5.75 Å². The summed E-state index contributed by atoms with van der Waals surface area (Å²) in [7, 11) is 0. The molecule has 0 atom stereocenters. The maximum absolute atomic E-state index is 12.3. The van der Waals surface area contributed by atoms with Crippen LogP contribution in [0.1, 0.15) is 10.4 Å². The molecule has 2 aromatic rings. The standard InChI is InChI=1S/C15H9Cl2N3O5/c16-8-2-1-7(3-12(8)20(23)24)15(22)19-10-5-13-11(4-9(10)17)18-14(21)6-25-13/h1-5H,6H2,(H,18,21)(H,19,22). The predicted molar refractivity (Wildman–Crippen MR) is 91.6 cm³/mol. The van der Waals surface area contributed by atoms with Crippen molar-refractivity contribution in [1.29, 1.82) is 0 Å². The Morgan fingerprint density at radius 1 is 1.24 bits per heavy atom. The Bertz CT molecular complexity index is 916. The summed E-state index contributed by atoms with van der Waals surface area (Å²) >= 11 is 11.8. The molecule has 0 radical (unpaired) electrons. The van der Waals surface area contributed by atoms with E-state index in [1.807, 2.05) is 0 Å². The number of ether oxygens (including phenoxy) is 1. The van der Waals surface area contributed by atoms with Crippen molar-refractivity contribution in [3.63, 3.8) is 0 Å². The van der Waals surface area contributed by atoms with E-state index in [0.29, 0.717) is 11.4 Å². The van der Waals surface area contributed by atoms with E-state index in [0.717, 1.165) is 6.07 Å². The predicted octanol–water partition coefficient (Wildman–Crippen LogP) is 3.48. The molecule has 2 aromatic carbocycles. The first-order valence-electron chi connectivity index (χ1n) is 6.86. The van der Waals surface area contributed by atoms with Gasteiger partial charge in [-0.3, -0.25) is 19.7 Å². The van der Waals surface area contributed by atoms with Crippen molar-refractivity contribution in [1.82, 2.24) is 0 Å². The lowest BCUT2D eigenvalue weighted by atomic mass is 10.1. The Labute approximate surface area is 150 Å². The van der Waals surface area contributed by atoms with Crippen LogP contribution in [0.25, 0.3) is 0 Å². The van der Waals surface area contributed by atoms with E-state index in [2.05, 4.69) is 10.6 Å². The monoisotopic (exact) mass is 381 g/mol. The van der Waals surface area contributed by atoms with Gasteiger partial charge in [0.1, 0.15) is 10.8 Å². The highest BCUT2D eigenvalue weighted by Gasteiger charge is 2.20. The van der Waals surface area contributed by atoms with Crippen LogP contribution in [0.4, 0.5) is 17.1 Å². The normalized spacial score (nSPS) is 12.6. The van der Waals surface area contributed by atoms with E-state index >= 15 is 0 Å². The number of nitro groups is 1. The topological polar surface area (TPSA) is 111 Å². The molecule has 0 saturated carbocycles. The summed E-state index contributed by atoms with van der Waals surface area (Å²) in [5, 5.41) is 16.1. The van der Waals surface area contributed by atoms with Crippen LogP contribution in [-0.4, -0.2) is 23.3 Å². The number of carbonyl (C=O) groups excluding carboxylic acids is 2. The van der Waals surface area contributed by atoms with Gasteiger partial charge in [0.05, 0.1) is 21.3 Å². The molecule has 0 unspecified atom stereocenters.